The Bertz CT molecular complexity index is 599. The van der Waals surface area contributed by atoms with Gasteiger partial charge in [-0.15, -0.1) is 0 Å². The highest BCUT2D eigenvalue weighted by Gasteiger charge is 2.14. The Hall–Kier alpha value is -2.43. The maximum absolute atomic E-state index is 11.7. The number of carbonyl (C=O) groups excluding carboxylic acids is 1. The lowest BCUT2D eigenvalue weighted by atomic mass is 10.1. The van der Waals surface area contributed by atoms with Crippen molar-refractivity contribution in [1.82, 2.24) is 9.97 Å². The van der Waals surface area contributed by atoms with Gasteiger partial charge in [-0.1, -0.05) is 6.07 Å². The number of esters is 1. The molecule has 0 spiro atoms. The summed E-state index contributed by atoms with van der Waals surface area (Å²) in [5.41, 5.74) is 3.14. The first kappa shape index (κ1) is 14.0. The van der Waals surface area contributed by atoms with Crippen molar-refractivity contribution in [3.8, 4) is 0 Å². The predicted octanol–water partition coefficient (Wildman–Crippen LogP) is 2.74. The lowest BCUT2D eigenvalue weighted by Gasteiger charge is -2.17. The monoisotopic (exact) mass is 271 g/mol. The van der Waals surface area contributed by atoms with Crippen LogP contribution in [0.15, 0.2) is 36.8 Å². The van der Waals surface area contributed by atoms with Crippen molar-refractivity contribution in [3.63, 3.8) is 0 Å². The van der Waals surface area contributed by atoms with Gasteiger partial charge in [-0.2, -0.15) is 0 Å². The van der Waals surface area contributed by atoms with Crippen LogP contribution in [0.1, 0.15) is 34.6 Å². The molecule has 1 unspecified atom stereocenters. The number of hydrogen-bond acceptors (Lipinski definition) is 5. The molecule has 1 aromatic heterocycles. The molecule has 0 fully saturated rings. The predicted molar refractivity (Wildman–Crippen MR) is 76.6 cm³/mol. The van der Waals surface area contributed by atoms with E-state index in [0.717, 1.165) is 16.9 Å². The molecular weight excluding hydrogens is 254 g/mol. The van der Waals surface area contributed by atoms with Crippen LogP contribution in [0.4, 0.5) is 5.69 Å². The highest BCUT2D eigenvalue weighted by atomic mass is 16.5. The van der Waals surface area contributed by atoms with E-state index >= 15 is 0 Å². The highest BCUT2D eigenvalue weighted by Crippen LogP contribution is 2.23. The van der Waals surface area contributed by atoms with E-state index in [2.05, 4.69) is 15.3 Å². The molecule has 104 valence electrons. The van der Waals surface area contributed by atoms with Gasteiger partial charge in [0.25, 0.3) is 0 Å². The van der Waals surface area contributed by atoms with Gasteiger partial charge in [0.15, 0.2) is 0 Å². The minimum atomic E-state index is -0.335. The number of ether oxygens (including phenoxy) is 1. The number of nitrogens with one attached hydrogen (secondary N) is 1. The maximum Gasteiger partial charge on any atom is 0.338 e. The van der Waals surface area contributed by atoms with Gasteiger partial charge in [-0.3, -0.25) is 9.97 Å². The van der Waals surface area contributed by atoms with E-state index < -0.39 is 0 Å². The van der Waals surface area contributed by atoms with E-state index in [0.29, 0.717) is 5.56 Å². The lowest BCUT2D eigenvalue weighted by Crippen LogP contribution is -2.11. The molecule has 0 amide bonds. The van der Waals surface area contributed by atoms with E-state index in [-0.39, 0.29) is 12.0 Å². The van der Waals surface area contributed by atoms with Crippen LogP contribution in [-0.4, -0.2) is 23.0 Å². The summed E-state index contributed by atoms with van der Waals surface area (Å²) in [6.45, 7) is 3.88. The second-order valence-electron chi connectivity index (χ2n) is 4.47. The molecule has 20 heavy (non-hydrogen) atoms. The highest BCUT2D eigenvalue weighted by molar-refractivity contribution is 5.92. The fourth-order valence-corrected chi connectivity index (χ4v) is 1.96. The van der Waals surface area contributed by atoms with Crippen LogP contribution in [-0.2, 0) is 4.74 Å². The Labute approximate surface area is 118 Å². The number of hydrogen-bond donors (Lipinski definition) is 1. The molecule has 0 radical (unpaired) electrons. The van der Waals surface area contributed by atoms with Gasteiger partial charge in [-0.05, 0) is 31.5 Å². The molecule has 2 rings (SSSR count). The van der Waals surface area contributed by atoms with Gasteiger partial charge >= 0.3 is 5.97 Å². The molecule has 1 heterocycles. The van der Waals surface area contributed by atoms with Crippen molar-refractivity contribution in [2.75, 3.05) is 12.4 Å². The number of aromatic nitrogens is 2. The molecule has 5 nitrogen and oxygen atoms in total. The second kappa shape index (κ2) is 6.14. The van der Waals surface area contributed by atoms with E-state index in [1.165, 1.54) is 7.11 Å². The SMILES string of the molecule is COC(=O)c1cccc(NC(C)c2cnccn2)c1C. The van der Waals surface area contributed by atoms with Gasteiger partial charge in [0.05, 0.1) is 30.6 Å². The third-order valence-corrected chi connectivity index (χ3v) is 3.14. The van der Waals surface area contributed by atoms with Crippen molar-refractivity contribution in [2.24, 2.45) is 0 Å². The quantitative estimate of drug-likeness (QED) is 0.866. The topological polar surface area (TPSA) is 64.1 Å². The largest absolute Gasteiger partial charge is 0.465 e. The first-order valence-electron chi connectivity index (χ1n) is 6.34. The molecule has 0 bridgehead atoms. The van der Waals surface area contributed by atoms with Crippen molar-refractivity contribution in [2.45, 2.75) is 19.9 Å². The van der Waals surface area contributed by atoms with Crippen molar-refractivity contribution in [3.05, 3.63) is 53.6 Å². The summed E-state index contributed by atoms with van der Waals surface area (Å²) in [6, 6.07) is 5.49. The summed E-state index contributed by atoms with van der Waals surface area (Å²) < 4.78 is 4.77. The molecule has 1 aromatic carbocycles. The summed E-state index contributed by atoms with van der Waals surface area (Å²) in [5, 5.41) is 3.34. The number of nitrogens with zero attached hydrogens (tertiary/aromatic N) is 2. The van der Waals surface area contributed by atoms with Crippen LogP contribution < -0.4 is 5.32 Å². The van der Waals surface area contributed by atoms with Crippen LogP contribution in [0.5, 0.6) is 0 Å². The van der Waals surface area contributed by atoms with Crippen LogP contribution in [0.25, 0.3) is 0 Å². The van der Waals surface area contributed by atoms with E-state index in [1.54, 1.807) is 24.7 Å². The van der Waals surface area contributed by atoms with Gasteiger partial charge in [-0.25, -0.2) is 4.79 Å². The number of carbonyl (C=O) groups is 1. The van der Waals surface area contributed by atoms with Gasteiger partial charge in [0.1, 0.15) is 0 Å². The first-order valence-corrected chi connectivity index (χ1v) is 6.34. The van der Waals surface area contributed by atoms with E-state index in [9.17, 15) is 4.79 Å². The Kier molecular flexibility index (Phi) is 4.30. The lowest BCUT2D eigenvalue weighted by molar-refractivity contribution is 0.0600. The normalized spacial score (nSPS) is 11.8. The zero-order chi connectivity index (χ0) is 14.5. The smallest absolute Gasteiger partial charge is 0.338 e. The Morgan fingerprint density at radius 1 is 1.35 bits per heavy atom. The third-order valence-electron chi connectivity index (χ3n) is 3.14. The minimum absolute atomic E-state index is 0.00435. The van der Waals surface area contributed by atoms with E-state index in [4.69, 9.17) is 4.74 Å². The summed E-state index contributed by atoms with van der Waals surface area (Å²) >= 11 is 0. The average Bonchev–Trinajstić information content (AvgIpc) is 2.49. The standard InChI is InChI=1S/C15H17N3O2/c1-10-12(15(19)20-3)5-4-6-13(10)18-11(2)14-9-16-7-8-17-14/h4-9,11,18H,1-3H3. The summed E-state index contributed by atoms with van der Waals surface area (Å²) in [6.07, 6.45) is 5.02. The van der Waals surface area contributed by atoms with Crippen molar-refractivity contribution >= 4 is 11.7 Å². The average molecular weight is 271 g/mol. The third kappa shape index (κ3) is 2.93. The molecule has 1 atom stereocenters. The Morgan fingerprint density at radius 2 is 2.15 bits per heavy atom. The van der Waals surface area contributed by atoms with Gasteiger partial charge < -0.3 is 10.1 Å². The van der Waals surface area contributed by atoms with Crippen LogP contribution in [0.2, 0.25) is 0 Å². The zero-order valence-corrected chi connectivity index (χ0v) is 11.8. The number of rotatable bonds is 4. The fourth-order valence-electron chi connectivity index (χ4n) is 1.96. The summed E-state index contributed by atoms with van der Waals surface area (Å²) in [4.78, 5) is 20.0. The van der Waals surface area contributed by atoms with Crippen LogP contribution in [0.3, 0.4) is 0 Å². The minimum Gasteiger partial charge on any atom is -0.465 e. The maximum atomic E-state index is 11.7. The number of methoxy groups -OCH3 is 1. The fraction of sp³-hybridized carbons (Fsp3) is 0.267. The summed E-state index contributed by atoms with van der Waals surface area (Å²) in [7, 11) is 1.38. The molecule has 0 saturated carbocycles. The van der Waals surface area contributed by atoms with Gasteiger partial charge in [0.2, 0.25) is 0 Å². The molecule has 0 aliphatic rings. The van der Waals surface area contributed by atoms with Crippen LogP contribution in [0, 0.1) is 6.92 Å². The molecule has 0 aliphatic heterocycles. The second-order valence-corrected chi connectivity index (χ2v) is 4.47. The molecule has 5 heteroatoms. The zero-order valence-electron chi connectivity index (χ0n) is 11.8. The molecule has 0 aliphatic carbocycles. The molecule has 1 N–H and O–H groups in total. The number of benzene rings is 1. The first-order chi connectivity index (χ1) is 9.63. The van der Waals surface area contributed by atoms with Crippen molar-refractivity contribution < 1.29 is 9.53 Å². The molecular formula is C15H17N3O2. The molecule has 0 saturated heterocycles. The van der Waals surface area contributed by atoms with E-state index in [1.807, 2.05) is 26.0 Å². The van der Waals surface area contributed by atoms with Crippen molar-refractivity contribution in [1.29, 1.82) is 0 Å². The Balaban J connectivity index is 2.24. The Morgan fingerprint density at radius 3 is 2.80 bits per heavy atom. The van der Waals surface area contributed by atoms with Crippen LogP contribution >= 0.6 is 0 Å². The van der Waals surface area contributed by atoms with Gasteiger partial charge in [0, 0.05) is 18.1 Å². The number of anilines is 1. The molecule has 2 aromatic rings. The summed E-state index contributed by atoms with van der Waals surface area (Å²) in [5.74, 6) is -0.335.